The number of nitrogens with zero attached hydrogens (tertiary/aromatic N) is 1. The predicted octanol–water partition coefficient (Wildman–Crippen LogP) is 3.28. The van der Waals surface area contributed by atoms with Crippen LogP contribution in [0.25, 0.3) is 0 Å². The molecule has 2 nitrogen and oxygen atoms in total. The first-order valence-electron chi connectivity index (χ1n) is 7.94. The molecule has 2 heteroatoms. The van der Waals surface area contributed by atoms with Crippen LogP contribution in [0.4, 0.5) is 0 Å². The molecular formula is C16H32N2. The smallest absolute Gasteiger partial charge is 0.0330 e. The van der Waals surface area contributed by atoms with Gasteiger partial charge < -0.3 is 10.2 Å². The van der Waals surface area contributed by atoms with E-state index in [0.717, 1.165) is 17.9 Å². The molecule has 2 saturated carbocycles. The topological polar surface area (TPSA) is 15.3 Å². The first-order chi connectivity index (χ1) is 8.53. The minimum atomic E-state index is 0.417. The third-order valence-electron chi connectivity index (χ3n) is 5.57. The van der Waals surface area contributed by atoms with Crippen molar-refractivity contribution in [2.45, 2.75) is 70.4 Å². The zero-order chi connectivity index (χ0) is 13.2. The van der Waals surface area contributed by atoms with E-state index in [-0.39, 0.29) is 0 Å². The fourth-order valence-corrected chi connectivity index (χ4v) is 4.13. The molecule has 106 valence electrons. The lowest BCUT2D eigenvalue weighted by Gasteiger charge is -2.46. The van der Waals surface area contributed by atoms with E-state index in [1.54, 1.807) is 0 Å². The normalized spacial score (nSPS) is 41.5. The Kier molecular flexibility index (Phi) is 4.71. The number of nitrogens with one attached hydrogen (secondary N) is 1. The molecule has 0 aromatic carbocycles. The molecule has 0 spiro atoms. The highest BCUT2D eigenvalue weighted by atomic mass is 15.2. The summed E-state index contributed by atoms with van der Waals surface area (Å²) in [7, 11) is 4.55. The Labute approximate surface area is 114 Å². The van der Waals surface area contributed by atoms with E-state index in [0.29, 0.717) is 5.54 Å². The van der Waals surface area contributed by atoms with Crippen LogP contribution < -0.4 is 5.32 Å². The van der Waals surface area contributed by atoms with Crippen LogP contribution in [0.5, 0.6) is 0 Å². The van der Waals surface area contributed by atoms with Crippen molar-refractivity contribution in [3.8, 4) is 0 Å². The molecule has 0 saturated heterocycles. The zero-order valence-corrected chi connectivity index (χ0v) is 12.8. The molecule has 18 heavy (non-hydrogen) atoms. The summed E-state index contributed by atoms with van der Waals surface area (Å²) in [5.41, 5.74) is 0.417. The maximum atomic E-state index is 3.90. The van der Waals surface area contributed by atoms with Gasteiger partial charge in [-0.15, -0.1) is 0 Å². The first kappa shape index (κ1) is 14.3. The van der Waals surface area contributed by atoms with E-state index in [1.165, 1.54) is 51.5 Å². The zero-order valence-electron chi connectivity index (χ0n) is 12.8. The summed E-state index contributed by atoms with van der Waals surface area (Å²) in [5, 5.41) is 3.90. The largest absolute Gasteiger partial charge is 0.312 e. The Morgan fingerprint density at radius 3 is 2.44 bits per heavy atom. The maximum Gasteiger partial charge on any atom is 0.0330 e. The average Bonchev–Trinajstić information content (AvgIpc) is 2.72. The highest BCUT2D eigenvalue weighted by molar-refractivity contribution is 4.96. The van der Waals surface area contributed by atoms with Crippen LogP contribution >= 0.6 is 0 Å². The Balaban J connectivity index is 1.93. The molecule has 0 aliphatic heterocycles. The van der Waals surface area contributed by atoms with Crippen LogP contribution in [0.2, 0.25) is 0 Å². The summed E-state index contributed by atoms with van der Waals surface area (Å²) >= 11 is 0. The van der Waals surface area contributed by atoms with Crippen molar-refractivity contribution in [2.75, 3.05) is 20.6 Å². The van der Waals surface area contributed by atoms with Crippen molar-refractivity contribution in [2.24, 2.45) is 11.8 Å². The molecule has 4 atom stereocenters. The Morgan fingerprint density at radius 2 is 1.89 bits per heavy atom. The summed E-state index contributed by atoms with van der Waals surface area (Å²) in [6, 6.07) is 0.777. The molecule has 2 aliphatic carbocycles. The third kappa shape index (κ3) is 3.08. The van der Waals surface area contributed by atoms with Gasteiger partial charge in [-0.1, -0.05) is 33.1 Å². The standard InChI is InChI=1S/C16H32N2/c1-13-7-6-10-16(11-13,18(3)4)12-17-15-9-5-8-14(15)2/h13-15,17H,5-12H2,1-4H3. The second kappa shape index (κ2) is 5.92. The lowest BCUT2D eigenvalue weighted by Crippen LogP contribution is -2.55. The highest BCUT2D eigenvalue weighted by Crippen LogP contribution is 2.36. The summed E-state index contributed by atoms with van der Waals surface area (Å²) in [6.45, 7) is 6.03. The summed E-state index contributed by atoms with van der Waals surface area (Å²) in [4.78, 5) is 2.50. The quantitative estimate of drug-likeness (QED) is 0.826. The SMILES string of the molecule is CC1CCCC(CNC2CCCC2C)(N(C)C)C1. The van der Waals surface area contributed by atoms with Gasteiger partial charge in [0.1, 0.15) is 0 Å². The minimum Gasteiger partial charge on any atom is -0.312 e. The second-order valence-corrected chi connectivity index (χ2v) is 7.22. The van der Waals surface area contributed by atoms with Gasteiger partial charge in [0.25, 0.3) is 0 Å². The van der Waals surface area contributed by atoms with Gasteiger partial charge in [0.2, 0.25) is 0 Å². The summed E-state index contributed by atoms with van der Waals surface area (Å²) in [5.74, 6) is 1.77. The van der Waals surface area contributed by atoms with Crippen molar-refractivity contribution >= 4 is 0 Å². The van der Waals surface area contributed by atoms with Crippen LogP contribution in [0.1, 0.15) is 58.8 Å². The fourth-order valence-electron chi connectivity index (χ4n) is 4.13. The molecule has 2 rings (SSSR count). The van der Waals surface area contributed by atoms with Crippen molar-refractivity contribution < 1.29 is 0 Å². The number of hydrogen-bond acceptors (Lipinski definition) is 2. The Hall–Kier alpha value is -0.0800. The van der Waals surface area contributed by atoms with Gasteiger partial charge in [-0.25, -0.2) is 0 Å². The lowest BCUT2D eigenvalue weighted by molar-refractivity contribution is 0.0710. The van der Waals surface area contributed by atoms with E-state index in [1.807, 2.05) is 0 Å². The van der Waals surface area contributed by atoms with E-state index < -0.39 is 0 Å². The molecule has 2 aliphatic rings. The van der Waals surface area contributed by atoms with Gasteiger partial charge >= 0.3 is 0 Å². The molecule has 0 heterocycles. The predicted molar refractivity (Wildman–Crippen MR) is 78.9 cm³/mol. The van der Waals surface area contributed by atoms with Crippen molar-refractivity contribution in [1.29, 1.82) is 0 Å². The molecule has 0 aromatic rings. The van der Waals surface area contributed by atoms with Gasteiger partial charge in [-0.2, -0.15) is 0 Å². The third-order valence-corrected chi connectivity index (χ3v) is 5.57. The monoisotopic (exact) mass is 252 g/mol. The van der Waals surface area contributed by atoms with Gasteiger partial charge in [0.15, 0.2) is 0 Å². The number of rotatable bonds is 4. The Morgan fingerprint density at radius 1 is 1.11 bits per heavy atom. The molecule has 0 amide bonds. The van der Waals surface area contributed by atoms with Crippen LogP contribution in [-0.2, 0) is 0 Å². The molecule has 0 radical (unpaired) electrons. The van der Waals surface area contributed by atoms with E-state index in [9.17, 15) is 0 Å². The highest BCUT2D eigenvalue weighted by Gasteiger charge is 2.37. The van der Waals surface area contributed by atoms with Gasteiger partial charge in [0, 0.05) is 18.1 Å². The van der Waals surface area contributed by atoms with Gasteiger partial charge in [0.05, 0.1) is 0 Å². The fraction of sp³-hybridized carbons (Fsp3) is 1.00. The molecule has 4 unspecified atom stereocenters. The average molecular weight is 252 g/mol. The number of hydrogen-bond donors (Lipinski definition) is 1. The van der Waals surface area contributed by atoms with Gasteiger partial charge in [-0.05, 0) is 51.6 Å². The molecule has 2 fully saturated rings. The van der Waals surface area contributed by atoms with Crippen LogP contribution in [0.15, 0.2) is 0 Å². The molecule has 0 aromatic heterocycles. The number of likely N-dealkylation sites (N-methyl/N-ethyl adjacent to an activating group) is 1. The van der Waals surface area contributed by atoms with Crippen LogP contribution in [0.3, 0.4) is 0 Å². The van der Waals surface area contributed by atoms with Crippen molar-refractivity contribution in [3.05, 3.63) is 0 Å². The van der Waals surface area contributed by atoms with E-state index in [4.69, 9.17) is 0 Å². The summed E-state index contributed by atoms with van der Waals surface area (Å²) < 4.78 is 0. The van der Waals surface area contributed by atoms with E-state index >= 15 is 0 Å². The maximum absolute atomic E-state index is 3.90. The second-order valence-electron chi connectivity index (χ2n) is 7.22. The van der Waals surface area contributed by atoms with Crippen molar-refractivity contribution in [3.63, 3.8) is 0 Å². The Bertz CT molecular complexity index is 264. The molecule has 0 bridgehead atoms. The lowest BCUT2D eigenvalue weighted by atomic mass is 9.75. The first-order valence-corrected chi connectivity index (χ1v) is 7.94. The molecule has 1 N–H and O–H groups in total. The molecular weight excluding hydrogens is 220 g/mol. The summed E-state index contributed by atoms with van der Waals surface area (Å²) in [6.07, 6.45) is 9.80. The van der Waals surface area contributed by atoms with Gasteiger partial charge in [-0.3, -0.25) is 0 Å². The minimum absolute atomic E-state index is 0.417. The van der Waals surface area contributed by atoms with Crippen molar-refractivity contribution in [1.82, 2.24) is 10.2 Å². The van der Waals surface area contributed by atoms with Crippen LogP contribution in [0, 0.1) is 11.8 Å². The van der Waals surface area contributed by atoms with E-state index in [2.05, 4.69) is 38.2 Å². The van der Waals surface area contributed by atoms with Crippen LogP contribution in [-0.4, -0.2) is 37.1 Å².